The van der Waals surface area contributed by atoms with Crippen LogP contribution in [-0.2, 0) is 22.4 Å². The summed E-state index contributed by atoms with van der Waals surface area (Å²) >= 11 is 2.95. The third-order valence-corrected chi connectivity index (χ3v) is 6.26. The van der Waals surface area contributed by atoms with Crippen molar-refractivity contribution >= 4 is 39.5 Å². The zero-order valence-electron chi connectivity index (χ0n) is 15.8. The van der Waals surface area contributed by atoms with Crippen molar-refractivity contribution < 1.29 is 9.59 Å². The average molecular weight is 412 g/mol. The first-order valence-electron chi connectivity index (χ1n) is 8.95. The van der Waals surface area contributed by atoms with Gasteiger partial charge in [0.25, 0.3) is 0 Å². The van der Waals surface area contributed by atoms with Gasteiger partial charge in [-0.2, -0.15) is 0 Å². The van der Waals surface area contributed by atoms with Crippen molar-refractivity contribution in [2.45, 2.75) is 32.6 Å². The number of benzene rings is 1. The Hall–Kier alpha value is -2.64. The minimum absolute atomic E-state index is 0.145. The van der Waals surface area contributed by atoms with Gasteiger partial charge in [-0.1, -0.05) is 38.6 Å². The Morgan fingerprint density at radius 2 is 2.18 bits per heavy atom. The number of aryl methyl sites for hydroxylation is 1. The molecule has 0 saturated heterocycles. The van der Waals surface area contributed by atoms with Gasteiger partial charge in [0.05, 0.1) is 12.1 Å². The van der Waals surface area contributed by atoms with E-state index in [1.54, 1.807) is 11.3 Å². The molecule has 0 unspecified atom stereocenters. The molecule has 0 spiro atoms. The molecule has 144 valence electrons. The summed E-state index contributed by atoms with van der Waals surface area (Å²) in [6.45, 7) is 7.44. The van der Waals surface area contributed by atoms with Crippen molar-refractivity contribution in [2.75, 3.05) is 5.32 Å². The average Bonchev–Trinajstić information content (AvgIpc) is 3.36. The monoisotopic (exact) mass is 411 g/mol. The Kier molecular flexibility index (Phi) is 6.49. The fraction of sp³-hybridized carbons (Fsp3) is 0.238. The van der Waals surface area contributed by atoms with Crippen LogP contribution in [0.4, 0.5) is 5.13 Å². The third-order valence-electron chi connectivity index (χ3n) is 4.36. The molecule has 0 aliphatic rings. The summed E-state index contributed by atoms with van der Waals surface area (Å²) < 4.78 is 0. The summed E-state index contributed by atoms with van der Waals surface area (Å²) in [5.74, 6) is -0.374. The number of amides is 1. The van der Waals surface area contributed by atoms with Crippen LogP contribution in [0.25, 0.3) is 11.3 Å². The molecule has 0 fully saturated rings. The van der Waals surface area contributed by atoms with E-state index in [2.05, 4.69) is 28.8 Å². The van der Waals surface area contributed by atoms with E-state index in [1.165, 1.54) is 22.3 Å². The number of carbonyl (C=O) groups is 2. The Morgan fingerprint density at radius 3 is 2.89 bits per heavy atom. The molecule has 28 heavy (non-hydrogen) atoms. The van der Waals surface area contributed by atoms with E-state index in [0.717, 1.165) is 28.2 Å². The molecule has 7 heteroatoms. The zero-order chi connectivity index (χ0) is 20.1. The predicted molar refractivity (Wildman–Crippen MR) is 115 cm³/mol. The molecule has 0 radical (unpaired) electrons. The fourth-order valence-corrected chi connectivity index (χ4v) is 4.26. The molecule has 1 amide bonds. The van der Waals surface area contributed by atoms with Gasteiger partial charge < -0.3 is 0 Å². The summed E-state index contributed by atoms with van der Waals surface area (Å²) in [7, 11) is 0. The third kappa shape index (κ3) is 4.79. The molecule has 1 atom stereocenters. The van der Waals surface area contributed by atoms with Crippen molar-refractivity contribution in [3.8, 4) is 11.3 Å². The van der Waals surface area contributed by atoms with Crippen LogP contribution in [0.15, 0.2) is 48.5 Å². The molecule has 1 aromatic carbocycles. The lowest BCUT2D eigenvalue weighted by Gasteiger charge is -2.11. The van der Waals surface area contributed by atoms with Gasteiger partial charge in [-0.25, -0.2) is 9.97 Å². The van der Waals surface area contributed by atoms with Crippen molar-refractivity contribution in [3.63, 3.8) is 0 Å². The number of hydrogen-bond acceptors (Lipinski definition) is 6. The number of anilines is 1. The lowest BCUT2D eigenvalue weighted by atomic mass is 9.93. The zero-order valence-corrected chi connectivity index (χ0v) is 17.4. The van der Waals surface area contributed by atoms with Gasteiger partial charge in [0.1, 0.15) is 10.8 Å². The van der Waals surface area contributed by atoms with Gasteiger partial charge in [0.2, 0.25) is 5.91 Å². The van der Waals surface area contributed by atoms with E-state index in [-0.39, 0.29) is 17.6 Å². The van der Waals surface area contributed by atoms with Crippen molar-refractivity contribution in [1.29, 1.82) is 0 Å². The van der Waals surface area contributed by atoms with Crippen LogP contribution in [0.3, 0.4) is 0 Å². The number of ketones is 1. The molecule has 3 rings (SSSR count). The molecule has 0 aliphatic heterocycles. The molecular formula is C21H21N3O2S2. The maximum absolute atomic E-state index is 12.7. The quantitative estimate of drug-likeness (QED) is 0.537. The normalized spacial score (nSPS) is 11.8. The Bertz CT molecular complexity index is 1010. The standard InChI is InChI=1S/C21H21N3O2S2/c1-4-16-11-22-20(28-16)10-18(25)13(3)14-7-6-8-15(9-14)17-12-27-21(23-17)24-19(26)5-2/h5-9,11-13H,2,4,10H2,1,3H3,(H,23,24,26)/t13-/m0/s1. The number of carbonyl (C=O) groups excluding carboxylic acids is 2. The number of hydrogen-bond donors (Lipinski definition) is 1. The van der Waals surface area contributed by atoms with E-state index in [4.69, 9.17) is 0 Å². The SMILES string of the molecule is C=CC(=O)Nc1nc(-c2cccc([C@H](C)C(=O)Cc3ncc(CC)s3)c2)cs1. The van der Waals surface area contributed by atoms with E-state index < -0.39 is 0 Å². The minimum atomic E-state index is -0.290. The lowest BCUT2D eigenvalue weighted by Crippen LogP contribution is -2.12. The molecule has 0 saturated carbocycles. The second kappa shape index (κ2) is 9.03. The Labute approximate surface area is 172 Å². The van der Waals surface area contributed by atoms with E-state index in [9.17, 15) is 9.59 Å². The number of rotatable bonds is 8. The summed E-state index contributed by atoms with van der Waals surface area (Å²) in [6, 6.07) is 7.81. The largest absolute Gasteiger partial charge is 0.299 e. The Balaban J connectivity index is 1.74. The molecule has 1 N–H and O–H groups in total. The fourth-order valence-electron chi connectivity index (χ4n) is 2.67. The summed E-state index contributed by atoms with van der Waals surface area (Å²) in [5.41, 5.74) is 2.62. The van der Waals surface area contributed by atoms with Gasteiger partial charge >= 0.3 is 0 Å². The second-order valence-electron chi connectivity index (χ2n) is 6.30. The minimum Gasteiger partial charge on any atom is -0.299 e. The van der Waals surface area contributed by atoms with Gasteiger partial charge in [0, 0.05) is 27.9 Å². The first-order valence-corrected chi connectivity index (χ1v) is 10.6. The summed E-state index contributed by atoms with van der Waals surface area (Å²) in [4.78, 5) is 34.1. The van der Waals surface area contributed by atoms with Gasteiger partial charge in [-0.05, 0) is 24.1 Å². The van der Waals surface area contributed by atoms with Crippen LogP contribution in [0.2, 0.25) is 0 Å². The Morgan fingerprint density at radius 1 is 1.36 bits per heavy atom. The summed E-state index contributed by atoms with van der Waals surface area (Å²) in [6.07, 6.45) is 4.35. The lowest BCUT2D eigenvalue weighted by molar-refractivity contribution is -0.119. The van der Waals surface area contributed by atoms with Crippen LogP contribution >= 0.6 is 22.7 Å². The highest BCUT2D eigenvalue weighted by Crippen LogP contribution is 2.28. The molecular weight excluding hydrogens is 390 g/mol. The molecule has 0 aliphatic carbocycles. The molecule has 3 aromatic rings. The van der Waals surface area contributed by atoms with Crippen molar-refractivity contribution in [1.82, 2.24) is 9.97 Å². The van der Waals surface area contributed by atoms with Crippen molar-refractivity contribution in [3.05, 3.63) is 63.9 Å². The van der Waals surface area contributed by atoms with E-state index >= 15 is 0 Å². The molecule has 2 aromatic heterocycles. The van der Waals surface area contributed by atoms with Crippen LogP contribution in [0, 0.1) is 0 Å². The van der Waals surface area contributed by atoms with Gasteiger partial charge in [0.15, 0.2) is 5.13 Å². The molecule has 2 heterocycles. The number of aromatic nitrogens is 2. The highest BCUT2D eigenvalue weighted by Gasteiger charge is 2.18. The second-order valence-corrected chi connectivity index (χ2v) is 8.35. The molecule has 5 nitrogen and oxygen atoms in total. The van der Waals surface area contributed by atoms with Crippen LogP contribution in [0.5, 0.6) is 0 Å². The number of Topliss-reactive ketones (excluding diaryl/α,β-unsaturated/α-hetero) is 1. The first-order chi connectivity index (χ1) is 13.5. The van der Waals surface area contributed by atoms with Gasteiger partial charge in [-0.15, -0.1) is 22.7 Å². The van der Waals surface area contributed by atoms with E-state index in [1.807, 2.05) is 42.8 Å². The maximum Gasteiger partial charge on any atom is 0.249 e. The van der Waals surface area contributed by atoms with Crippen LogP contribution in [-0.4, -0.2) is 21.7 Å². The number of nitrogens with one attached hydrogen (secondary N) is 1. The van der Waals surface area contributed by atoms with Gasteiger partial charge in [-0.3, -0.25) is 14.9 Å². The smallest absolute Gasteiger partial charge is 0.249 e. The van der Waals surface area contributed by atoms with Crippen molar-refractivity contribution in [2.24, 2.45) is 0 Å². The summed E-state index contributed by atoms with van der Waals surface area (Å²) in [5, 5.41) is 5.93. The highest BCUT2D eigenvalue weighted by atomic mass is 32.1. The predicted octanol–water partition coefficient (Wildman–Crippen LogP) is 4.87. The maximum atomic E-state index is 12.7. The van der Waals surface area contributed by atoms with E-state index in [0.29, 0.717) is 11.6 Å². The topological polar surface area (TPSA) is 72.0 Å². The number of nitrogens with zero attached hydrogens (tertiary/aromatic N) is 2. The highest BCUT2D eigenvalue weighted by molar-refractivity contribution is 7.14. The van der Waals surface area contributed by atoms with Crippen LogP contribution < -0.4 is 5.32 Å². The number of thiazole rings is 2. The molecule has 0 bridgehead atoms. The first kappa shape index (κ1) is 20.1. The van der Waals surface area contributed by atoms with Crippen LogP contribution in [0.1, 0.15) is 35.2 Å².